The van der Waals surface area contributed by atoms with Crippen LogP contribution in [0.4, 0.5) is 0 Å². The van der Waals surface area contributed by atoms with Crippen LogP contribution < -0.4 is 4.72 Å². The van der Waals surface area contributed by atoms with E-state index in [1.165, 1.54) is 0 Å². The number of rotatable bonds is 6. The number of hydrogen-bond donors (Lipinski definition) is 1. The highest BCUT2D eigenvalue weighted by molar-refractivity contribution is 7.89. The summed E-state index contributed by atoms with van der Waals surface area (Å²) in [6, 6.07) is 17.0. The Morgan fingerprint density at radius 3 is 2.52 bits per heavy atom. The van der Waals surface area contributed by atoms with Crippen molar-refractivity contribution in [1.82, 2.24) is 19.3 Å². The minimum absolute atomic E-state index is 0.258. The van der Waals surface area contributed by atoms with Gasteiger partial charge in [0, 0.05) is 31.0 Å². The molecule has 148 valence electrons. The molecule has 2 aromatic carbocycles. The summed E-state index contributed by atoms with van der Waals surface area (Å²) in [7, 11) is -3.59. The van der Waals surface area contributed by atoms with E-state index < -0.39 is 10.0 Å². The van der Waals surface area contributed by atoms with Gasteiger partial charge in [0.05, 0.1) is 15.9 Å². The van der Waals surface area contributed by atoms with Crippen molar-refractivity contribution < 1.29 is 8.42 Å². The van der Waals surface area contributed by atoms with Crippen LogP contribution in [0.15, 0.2) is 71.9 Å². The highest BCUT2D eigenvalue weighted by Crippen LogP contribution is 2.24. The summed E-state index contributed by atoms with van der Waals surface area (Å²) in [6.07, 6.45) is 3.45. The molecule has 2 aromatic heterocycles. The molecule has 6 nitrogen and oxygen atoms in total. The van der Waals surface area contributed by atoms with Gasteiger partial charge in [-0.25, -0.2) is 18.1 Å². The Balaban J connectivity index is 1.61. The third-order valence-electron chi connectivity index (χ3n) is 4.84. The van der Waals surface area contributed by atoms with E-state index >= 15 is 0 Å². The molecule has 2 heterocycles. The van der Waals surface area contributed by atoms with Crippen molar-refractivity contribution in [3.8, 4) is 11.4 Å². The lowest BCUT2D eigenvalue weighted by Gasteiger charge is -2.12. The number of para-hydroxylation sites is 2. The third kappa shape index (κ3) is 3.92. The first kappa shape index (κ1) is 19.3. The van der Waals surface area contributed by atoms with E-state index in [1.807, 2.05) is 66.9 Å². The number of nitrogens with one attached hydrogen (secondary N) is 1. The van der Waals surface area contributed by atoms with Crippen molar-refractivity contribution in [2.45, 2.75) is 25.3 Å². The Morgan fingerprint density at radius 1 is 1.00 bits per heavy atom. The molecule has 7 heteroatoms. The molecular weight excluding hydrogens is 384 g/mol. The summed E-state index contributed by atoms with van der Waals surface area (Å²) in [5.74, 6) is 0.791. The first-order valence-corrected chi connectivity index (χ1v) is 10.9. The summed E-state index contributed by atoms with van der Waals surface area (Å²) >= 11 is 0. The molecule has 0 bridgehead atoms. The molecule has 0 amide bonds. The Bertz CT molecular complexity index is 1260. The van der Waals surface area contributed by atoms with E-state index in [-0.39, 0.29) is 6.54 Å². The molecule has 0 spiro atoms. The summed E-state index contributed by atoms with van der Waals surface area (Å²) < 4.78 is 30.3. The number of nitrogens with zero attached hydrogens (tertiary/aromatic N) is 3. The molecule has 0 aliphatic rings. The fraction of sp³-hybridized carbons (Fsp3) is 0.182. The summed E-state index contributed by atoms with van der Waals surface area (Å²) in [6.45, 7) is 4.48. The Hall–Kier alpha value is -3.03. The second-order valence-electron chi connectivity index (χ2n) is 6.98. The molecule has 0 aliphatic carbocycles. The quantitative estimate of drug-likeness (QED) is 0.530. The smallest absolute Gasteiger partial charge is 0.240 e. The lowest BCUT2D eigenvalue weighted by atomic mass is 10.2. The van der Waals surface area contributed by atoms with Crippen LogP contribution in [0.3, 0.4) is 0 Å². The number of pyridine rings is 1. The third-order valence-corrected chi connectivity index (χ3v) is 6.46. The van der Waals surface area contributed by atoms with Gasteiger partial charge in [-0.1, -0.05) is 29.8 Å². The molecule has 29 heavy (non-hydrogen) atoms. The number of aryl methyl sites for hydroxylation is 2. The average Bonchev–Trinajstić information content (AvgIpc) is 3.07. The maximum Gasteiger partial charge on any atom is 0.240 e. The van der Waals surface area contributed by atoms with Crippen molar-refractivity contribution in [2.24, 2.45) is 0 Å². The van der Waals surface area contributed by atoms with Gasteiger partial charge in [-0.15, -0.1) is 0 Å². The van der Waals surface area contributed by atoms with Crippen molar-refractivity contribution in [2.75, 3.05) is 6.54 Å². The fourth-order valence-corrected chi connectivity index (χ4v) is 4.74. The minimum atomic E-state index is -3.59. The zero-order valence-electron chi connectivity index (χ0n) is 16.3. The van der Waals surface area contributed by atoms with Crippen LogP contribution in [0.2, 0.25) is 0 Å². The van der Waals surface area contributed by atoms with Gasteiger partial charge < -0.3 is 4.57 Å². The van der Waals surface area contributed by atoms with Crippen LogP contribution in [0.5, 0.6) is 0 Å². The molecule has 4 rings (SSSR count). The van der Waals surface area contributed by atoms with E-state index in [0.29, 0.717) is 11.4 Å². The van der Waals surface area contributed by atoms with Crippen molar-refractivity contribution in [3.05, 3.63) is 78.1 Å². The molecule has 0 atom stereocenters. The van der Waals surface area contributed by atoms with Crippen LogP contribution in [-0.4, -0.2) is 29.5 Å². The summed E-state index contributed by atoms with van der Waals surface area (Å²) in [4.78, 5) is 9.12. The number of fused-ring (bicyclic) bond motifs is 1. The van der Waals surface area contributed by atoms with Crippen LogP contribution in [0, 0.1) is 13.8 Å². The first-order valence-electron chi connectivity index (χ1n) is 9.38. The lowest BCUT2D eigenvalue weighted by molar-refractivity contribution is 0.574. The molecule has 0 aliphatic heterocycles. The van der Waals surface area contributed by atoms with E-state index in [2.05, 4.69) is 9.71 Å². The van der Waals surface area contributed by atoms with Crippen molar-refractivity contribution >= 4 is 21.1 Å². The van der Waals surface area contributed by atoms with E-state index in [4.69, 9.17) is 4.98 Å². The van der Waals surface area contributed by atoms with E-state index in [1.54, 1.807) is 18.5 Å². The zero-order chi connectivity index (χ0) is 20.4. The van der Waals surface area contributed by atoms with Gasteiger partial charge in [0.25, 0.3) is 0 Å². The van der Waals surface area contributed by atoms with Crippen molar-refractivity contribution in [3.63, 3.8) is 0 Å². The largest absolute Gasteiger partial charge is 0.323 e. The second-order valence-corrected chi connectivity index (χ2v) is 8.71. The molecule has 0 saturated heterocycles. The Morgan fingerprint density at radius 2 is 1.76 bits per heavy atom. The Labute approximate surface area is 170 Å². The molecule has 0 radical (unpaired) electrons. The van der Waals surface area contributed by atoms with E-state index in [9.17, 15) is 8.42 Å². The SMILES string of the molecule is Cc1ccc(S(=O)(=O)NCCn2c(-c3ccncc3)nc3ccccc32)c(C)c1. The van der Waals surface area contributed by atoms with Crippen molar-refractivity contribution in [1.29, 1.82) is 0 Å². The van der Waals surface area contributed by atoms with E-state index in [0.717, 1.165) is 33.5 Å². The molecule has 1 N–H and O–H groups in total. The molecular formula is C22H22N4O2S. The fourth-order valence-electron chi connectivity index (χ4n) is 3.49. The molecule has 0 unspecified atom stereocenters. The number of sulfonamides is 1. The van der Waals surface area contributed by atoms with Crippen LogP contribution >= 0.6 is 0 Å². The highest BCUT2D eigenvalue weighted by Gasteiger charge is 2.17. The maximum absolute atomic E-state index is 12.8. The maximum atomic E-state index is 12.8. The van der Waals surface area contributed by atoms with Gasteiger partial charge in [-0.2, -0.15) is 0 Å². The summed E-state index contributed by atoms with van der Waals surface area (Å²) in [5, 5.41) is 0. The van der Waals surface area contributed by atoms with Crippen LogP contribution in [-0.2, 0) is 16.6 Å². The second kappa shape index (κ2) is 7.77. The topological polar surface area (TPSA) is 76.9 Å². The molecule has 0 saturated carbocycles. The van der Waals surface area contributed by atoms with Gasteiger partial charge in [0.1, 0.15) is 5.82 Å². The molecule has 4 aromatic rings. The minimum Gasteiger partial charge on any atom is -0.323 e. The normalized spacial score (nSPS) is 11.8. The predicted molar refractivity (Wildman–Crippen MR) is 114 cm³/mol. The summed E-state index contributed by atoms with van der Waals surface area (Å²) in [5.41, 5.74) is 4.55. The number of imidazole rings is 1. The van der Waals surface area contributed by atoms with Crippen LogP contribution in [0.1, 0.15) is 11.1 Å². The average molecular weight is 407 g/mol. The first-order chi connectivity index (χ1) is 14.0. The number of aromatic nitrogens is 3. The monoisotopic (exact) mass is 406 g/mol. The number of hydrogen-bond acceptors (Lipinski definition) is 4. The highest BCUT2D eigenvalue weighted by atomic mass is 32.2. The number of benzene rings is 2. The van der Waals surface area contributed by atoms with Gasteiger partial charge in [0.2, 0.25) is 10.0 Å². The predicted octanol–water partition coefficient (Wildman–Crippen LogP) is 3.69. The van der Waals surface area contributed by atoms with Gasteiger partial charge in [0.15, 0.2) is 0 Å². The lowest BCUT2D eigenvalue weighted by Crippen LogP contribution is -2.28. The van der Waals surface area contributed by atoms with Gasteiger partial charge in [-0.3, -0.25) is 4.98 Å². The zero-order valence-corrected chi connectivity index (χ0v) is 17.1. The van der Waals surface area contributed by atoms with Gasteiger partial charge in [-0.05, 0) is 49.7 Å². The standard InChI is InChI=1S/C22H22N4O2S/c1-16-7-8-21(17(2)15-16)29(27,28)24-13-14-26-20-6-4-3-5-19(20)25-22(26)18-9-11-23-12-10-18/h3-12,15,24H,13-14H2,1-2H3. The Kier molecular flexibility index (Phi) is 5.17. The van der Waals surface area contributed by atoms with Crippen LogP contribution in [0.25, 0.3) is 22.4 Å². The van der Waals surface area contributed by atoms with Gasteiger partial charge >= 0.3 is 0 Å². The molecule has 0 fully saturated rings.